The van der Waals surface area contributed by atoms with E-state index in [2.05, 4.69) is 5.32 Å². The Labute approximate surface area is 106 Å². The first-order valence-electron chi connectivity index (χ1n) is 6.31. The van der Waals surface area contributed by atoms with E-state index >= 15 is 0 Å². The molecule has 2 nitrogen and oxygen atoms in total. The van der Waals surface area contributed by atoms with Crippen molar-refractivity contribution in [3.8, 4) is 0 Å². The van der Waals surface area contributed by atoms with Gasteiger partial charge in [-0.2, -0.15) is 0 Å². The summed E-state index contributed by atoms with van der Waals surface area (Å²) in [6, 6.07) is 3.67. The highest BCUT2D eigenvalue weighted by Crippen LogP contribution is 2.34. The van der Waals surface area contributed by atoms with Gasteiger partial charge in [-0.1, -0.05) is 0 Å². The summed E-state index contributed by atoms with van der Waals surface area (Å²) >= 11 is 0. The quantitative estimate of drug-likeness (QED) is 0.892. The van der Waals surface area contributed by atoms with Crippen LogP contribution in [0.3, 0.4) is 0 Å². The number of benzene rings is 1. The molecule has 1 fully saturated rings. The molecule has 1 saturated heterocycles. The van der Waals surface area contributed by atoms with E-state index < -0.39 is 0 Å². The Kier molecular flexibility index (Phi) is 4.30. The van der Waals surface area contributed by atoms with Crippen LogP contribution in [0.15, 0.2) is 18.2 Å². The molecule has 100 valence electrons. The Morgan fingerprint density at radius 3 is 2.67 bits per heavy atom. The van der Waals surface area contributed by atoms with Crippen LogP contribution in [-0.4, -0.2) is 26.8 Å². The SMILES string of the molecule is CNCC1(Cc2cc(F)ccc2F)CCOCC1. The molecule has 0 atom stereocenters. The van der Waals surface area contributed by atoms with Gasteiger partial charge in [0.25, 0.3) is 0 Å². The van der Waals surface area contributed by atoms with Gasteiger partial charge in [-0.15, -0.1) is 0 Å². The topological polar surface area (TPSA) is 21.3 Å². The summed E-state index contributed by atoms with van der Waals surface area (Å²) in [6.45, 7) is 2.18. The number of rotatable bonds is 4. The van der Waals surface area contributed by atoms with Gasteiger partial charge in [0.05, 0.1) is 0 Å². The monoisotopic (exact) mass is 255 g/mol. The number of hydrogen-bond acceptors (Lipinski definition) is 2. The maximum absolute atomic E-state index is 13.7. The van der Waals surface area contributed by atoms with Gasteiger partial charge in [-0.05, 0) is 55.5 Å². The van der Waals surface area contributed by atoms with Gasteiger partial charge in [0.1, 0.15) is 11.6 Å². The third-order valence-electron chi connectivity index (χ3n) is 3.68. The molecule has 0 aliphatic carbocycles. The predicted octanol–water partition coefficient (Wildman–Crippen LogP) is 2.52. The molecular weight excluding hydrogens is 236 g/mol. The van der Waals surface area contributed by atoms with Crippen LogP contribution < -0.4 is 5.32 Å². The summed E-state index contributed by atoms with van der Waals surface area (Å²) < 4.78 is 32.3. The molecule has 1 aromatic carbocycles. The zero-order valence-electron chi connectivity index (χ0n) is 10.6. The summed E-state index contributed by atoms with van der Waals surface area (Å²) in [5.74, 6) is -0.698. The number of halogens is 2. The molecule has 0 amide bonds. The van der Waals surface area contributed by atoms with E-state index in [1.165, 1.54) is 12.1 Å². The van der Waals surface area contributed by atoms with E-state index in [-0.39, 0.29) is 17.0 Å². The first kappa shape index (κ1) is 13.4. The van der Waals surface area contributed by atoms with Crippen molar-refractivity contribution in [1.82, 2.24) is 5.32 Å². The van der Waals surface area contributed by atoms with Gasteiger partial charge in [-0.25, -0.2) is 8.78 Å². The molecule has 1 aromatic rings. The average Bonchev–Trinajstić information content (AvgIpc) is 2.35. The Bertz CT molecular complexity index is 397. The molecule has 0 unspecified atom stereocenters. The molecule has 2 rings (SSSR count). The first-order valence-corrected chi connectivity index (χ1v) is 6.31. The molecule has 1 aliphatic heterocycles. The molecule has 0 radical (unpaired) electrons. The Hall–Kier alpha value is -1.00. The lowest BCUT2D eigenvalue weighted by atomic mass is 9.75. The molecule has 0 saturated carbocycles. The number of hydrogen-bond donors (Lipinski definition) is 1. The molecule has 4 heteroatoms. The zero-order chi connectivity index (χ0) is 13.0. The van der Waals surface area contributed by atoms with Crippen LogP contribution in [-0.2, 0) is 11.2 Å². The Balaban J connectivity index is 2.19. The number of ether oxygens (including phenoxy) is 1. The van der Waals surface area contributed by atoms with E-state index in [1.54, 1.807) is 0 Å². The zero-order valence-corrected chi connectivity index (χ0v) is 10.6. The van der Waals surface area contributed by atoms with Crippen molar-refractivity contribution in [2.24, 2.45) is 5.41 Å². The van der Waals surface area contributed by atoms with Crippen LogP contribution in [0, 0.1) is 17.0 Å². The maximum atomic E-state index is 13.7. The van der Waals surface area contributed by atoms with E-state index in [0.717, 1.165) is 25.5 Å². The predicted molar refractivity (Wildman–Crippen MR) is 66.5 cm³/mol. The van der Waals surface area contributed by atoms with E-state index in [0.29, 0.717) is 25.2 Å². The summed E-state index contributed by atoms with van der Waals surface area (Å²) in [4.78, 5) is 0. The Morgan fingerprint density at radius 2 is 2.00 bits per heavy atom. The fraction of sp³-hybridized carbons (Fsp3) is 0.571. The van der Waals surface area contributed by atoms with Gasteiger partial charge in [0.15, 0.2) is 0 Å². The van der Waals surface area contributed by atoms with Crippen LogP contribution in [0.4, 0.5) is 8.78 Å². The minimum absolute atomic E-state index is 0.0262. The van der Waals surface area contributed by atoms with Crippen molar-refractivity contribution < 1.29 is 13.5 Å². The number of nitrogens with one attached hydrogen (secondary N) is 1. The van der Waals surface area contributed by atoms with Crippen LogP contribution in [0.5, 0.6) is 0 Å². The van der Waals surface area contributed by atoms with Crippen LogP contribution in [0.2, 0.25) is 0 Å². The molecule has 0 aromatic heterocycles. The minimum atomic E-state index is -0.377. The van der Waals surface area contributed by atoms with Crippen LogP contribution in [0.1, 0.15) is 18.4 Å². The van der Waals surface area contributed by atoms with Crippen molar-refractivity contribution in [3.63, 3.8) is 0 Å². The molecule has 1 heterocycles. The van der Waals surface area contributed by atoms with Gasteiger partial charge in [0, 0.05) is 19.8 Å². The minimum Gasteiger partial charge on any atom is -0.381 e. The average molecular weight is 255 g/mol. The van der Waals surface area contributed by atoms with Crippen LogP contribution in [0.25, 0.3) is 0 Å². The van der Waals surface area contributed by atoms with E-state index in [9.17, 15) is 8.78 Å². The van der Waals surface area contributed by atoms with Gasteiger partial charge < -0.3 is 10.1 Å². The highest BCUT2D eigenvalue weighted by molar-refractivity contribution is 5.20. The third kappa shape index (κ3) is 3.06. The molecule has 1 N–H and O–H groups in total. The highest BCUT2D eigenvalue weighted by atomic mass is 19.1. The summed E-state index contributed by atoms with van der Waals surface area (Å²) in [6.07, 6.45) is 2.31. The molecule has 1 aliphatic rings. The lowest BCUT2D eigenvalue weighted by molar-refractivity contribution is 0.0154. The largest absolute Gasteiger partial charge is 0.381 e. The highest BCUT2D eigenvalue weighted by Gasteiger charge is 2.33. The summed E-state index contributed by atoms with van der Waals surface area (Å²) in [5.41, 5.74) is 0.439. The molecular formula is C14H19F2NO. The second kappa shape index (κ2) is 5.76. The third-order valence-corrected chi connectivity index (χ3v) is 3.68. The first-order chi connectivity index (χ1) is 8.65. The van der Waals surface area contributed by atoms with Gasteiger partial charge in [-0.3, -0.25) is 0 Å². The smallest absolute Gasteiger partial charge is 0.126 e. The Morgan fingerprint density at radius 1 is 1.28 bits per heavy atom. The van der Waals surface area contributed by atoms with Crippen LogP contribution >= 0.6 is 0 Å². The van der Waals surface area contributed by atoms with Crippen molar-refractivity contribution in [2.75, 3.05) is 26.8 Å². The lowest BCUT2D eigenvalue weighted by Crippen LogP contribution is -2.40. The normalized spacial score (nSPS) is 18.8. The fourth-order valence-corrected chi connectivity index (χ4v) is 2.68. The van der Waals surface area contributed by atoms with Crippen molar-refractivity contribution in [2.45, 2.75) is 19.3 Å². The standard InChI is InChI=1S/C14H19F2NO/c1-17-10-14(4-6-18-7-5-14)9-11-8-12(15)2-3-13(11)16/h2-3,8,17H,4-7,9-10H2,1H3. The summed E-state index contributed by atoms with van der Waals surface area (Å²) in [7, 11) is 1.89. The lowest BCUT2D eigenvalue weighted by Gasteiger charge is -2.37. The molecule has 0 spiro atoms. The second-order valence-electron chi connectivity index (χ2n) is 5.06. The van der Waals surface area contributed by atoms with Crippen molar-refractivity contribution in [3.05, 3.63) is 35.4 Å². The van der Waals surface area contributed by atoms with Crippen molar-refractivity contribution in [1.29, 1.82) is 0 Å². The van der Waals surface area contributed by atoms with E-state index in [4.69, 9.17) is 4.74 Å². The van der Waals surface area contributed by atoms with Crippen molar-refractivity contribution >= 4 is 0 Å². The molecule has 0 bridgehead atoms. The van der Waals surface area contributed by atoms with Gasteiger partial charge >= 0.3 is 0 Å². The second-order valence-corrected chi connectivity index (χ2v) is 5.06. The van der Waals surface area contributed by atoms with Gasteiger partial charge in [0.2, 0.25) is 0 Å². The van der Waals surface area contributed by atoms with E-state index in [1.807, 2.05) is 7.05 Å². The fourth-order valence-electron chi connectivity index (χ4n) is 2.68. The summed E-state index contributed by atoms with van der Waals surface area (Å²) in [5, 5.41) is 3.16. The maximum Gasteiger partial charge on any atom is 0.126 e. The molecule has 18 heavy (non-hydrogen) atoms.